The van der Waals surface area contributed by atoms with Gasteiger partial charge in [-0.25, -0.2) is 0 Å². The fraction of sp³-hybridized carbons (Fsp3) is 0.0741. The van der Waals surface area contributed by atoms with Gasteiger partial charge < -0.3 is 5.32 Å². The molecule has 34 heavy (non-hydrogen) atoms. The number of halogens is 1. The van der Waals surface area contributed by atoms with Gasteiger partial charge in [0.15, 0.2) is 5.57 Å². The van der Waals surface area contributed by atoms with Crippen LogP contribution >= 0.6 is 22.9 Å². The van der Waals surface area contributed by atoms with Crippen molar-refractivity contribution in [2.45, 2.75) is 13.8 Å². The van der Waals surface area contributed by atoms with Gasteiger partial charge in [-0.3, -0.25) is 14.2 Å². The molecule has 0 atom stereocenters. The van der Waals surface area contributed by atoms with Crippen LogP contribution < -0.4 is 20.1 Å². The summed E-state index contributed by atoms with van der Waals surface area (Å²) >= 11 is 7.37. The van der Waals surface area contributed by atoms with E-state index in [0.29, 0.717) is 26.5 Å². The number of carbonyl (C=O) groups is 1. The van der Waals surface area contributed by atoms with Crippen LogP contribution in [0.2, 0.25) is 5.02 Å². The van der Waals surface area contributed by atoms with Crippen molar-refractivity contribution in [2.75, 3.05) is 5.32 Å². The van der Waals surface area contributed by atoms with Crippen LogP contribution in [0.25, 0.3) is 17.3 Å². The first kappa shape index (κ1) is 23.2. The Labute approximate surface area is 205 Å². The molecule has 168 valence electrons. The van der Waals surface area contributed by atoms with E-state index in [-0.39, 0.29) is 15.8 Å². The molecule has 0 fully saturated rings. The first-order valence-corrected chi connectivity index (χ1v) is 11.6. The Balaban J connectivity index is 1.97. The molecular formula is C27H20ClN3O2S. The highest BCUT2D eigenvalue weighted by Crippen LogP contribution is 2.18. The van der Waals surface area contributed by atoms with E-state index in [4.69, 9.17) is 11.6 Å². The SMILES string of the molecule is Cc1ccc(C)c(NC(=O)/C(C#N)=c2\s/c(=C/c3ccccc3Cl)c(=O)n2-c2ccccc2)c1. The Morgan fingerprint density at radius 2 is 1.76 bits per heavy atom. The van der Waals surface area contributed by atoms with E-state index >= 15 is 0 Å². The van der Waals surface area contributed by atoms with Gasteiger partial charge in [-0.05, 0) is 60.9 Å². The number of para-hydroxylation sites is 1. The molecular weight excluding hydrogens is 466 g/mol. The van der Waals surface area contributed by atoms with Crippen molar-refractivity contribution < 1.29 is 4.79 Å². The van der Waals surface area contributed by atoms with Gasteiger partial charge in [0.1, 0.15) is 10.7 Å². The second-order valence-electron chi connectivity index (χ2n) is 7.67. The lowest BCUT2D eigenvalue weighted by atomic mass is 10.1. The molecule has 3 aromatic carbocycles. The fourth-order valence-corrected chi connectivity index (χ4v) is 4.73. The molecule has 0 unspecified atom stereocenters. The predicted octanol–water partition coefficient (Wildman–Crippen LogP) is 4.31. The number of aryl methyl sites for hydroxylation is 2. The predicted molar refractivity (Wildman–Crippen MR) is 138 cm³/mol. The zero-order chi connectivity index (χ0) is 24.2. The molecule has 0 bridgehead atoms. The molecule has 1 heterocycles. The minimum Gasteiger partial charge on any atom is -0.321 e. The summed E-state index contributed by atoms with van der Waals surface area (Å²) in [6.45, 7) is 3.80. The van der Waals surface area contributed by atoms with Crippen molar-refractivity contribution in [1.82, 2.24) is 4.57 Å². The third kappa shape index (κ3) is 4.72. The number of hydrogen-bond donors (Lipinski definition) is 1. The molecule has 0 radical (unpaired) electrons. The lowest BCUT2D eigenvalue weighted by molar-refractivity contribution is -0.111. The fourth-order valence-electron chi connectivity index (χ4n) is 3.45. The van der Waals surface area contributed by atoms with Gasteiger partial charge in [0.2, 0.25) is 0 Å². The van der Waals surface area contributed by atoms with E-state index in [1.54, 1.807) is 48.5 Å². The first-order valence-electron chi connectivity index (χ1n) is 10.5. The van der Waals surface area contributed by atoms with Crippen LogP contribution in [-0.4, -0.2) is 10.5 Å². The summed E-state index contributed by atoms with van der Waals surface area (Å²) in [5.74, 6) is -0.577. The summed E-state index contributed by atoms with van der Waals surface area (Å²) in [6.07, 6.45) is 1.68. The Morgan fingerprint density at radius 3 is 2.47 bits per heavy atom. The Hall–Kier alpha value is -3.92. The maximum Gasteiger partial charge on any atom is 0.273 e. The smallest absolute Gasteiger partial charge is 0.273 e. The molecule has 0 aliphatic rings. The number of amides is 1. The number of rotatable bonds is 4. The zero-order valence-corrected chi connectivity index (χ0v) is 20.1. The standard InChI is InChI=1S/C27H20ClN3O2S/c1-17-12-13-18(2)23(14-17)30-25(32)21(16-29)27-31(20-9-4-3-5-10-20)26(33)24(34-27)15-19-8-6-7-11-22(19)28/h3-15H,1-2H3,(H,30,32)/b24-15+,27-21-. The second kappa shape index (κ2) is 9.92. The minimum absolute atomic E-state index is 0.148. The van der Waals surface area contributed by atoms with Crippen molar-refractivity contribution in [3.05, 3.63) is 114 Å². The average Bonchev–Trinajstić information content (AvgIpc) is 3.14. The van der Waals surface area contributed by atoms with E-state index in [0.717, 1.165) is 22.5 Å². The van der Waals surface area contributed by atoms with Gasteiger partial charge in [0, 0.05) is 10.7 Å². The van der Waals surface area contributed by atoms with Gasteiger partial charge in [-0.1, -0.05) is 60.1 Å². The van der Waals surface area contributed by atoms with Gasteiger partial charge in [0.25, 0.3) is 11.5 Å². The van der Waals surface area contributed by atoms with Gasteiger partial charge >= 0.3 is 0 Å². The Bertz CT molecular complexity index is 1610. The molecule has 0 aliphatic heterocycles. The number of carbonyl (C=O) groups excluding carboxylic acids is 1. The summed E-state index contributed by atoms with van der Waals surface area (Å²) in [4.78, 5) is 26.7. The van der Waals surface area contributed by atoms with Crippen LogP contribution in [0.5, 0.6) is 0 Å². The summed E-state index contributed by atoms with van der Waals surface area (Å²) in [6, 6.07) is 23.8. The summed E-state index contributed by atoms with van der Waals surface area (Å²) in [5.41, 5.74) is 3.22. The molecule has 0 spiro atoms. The van der Waals surface area contributed by atoms with Crippen molar-refractivity contribution in [3.8, 4) is 11.8 Å². The number of hydrogen-bond acceptors (Lipinski definition) is 4. The van der Waals surface area contributed by atoms with Crippen LogP contribution in [-0.2, 0) is 4.79 Å². The van der Waals surface area contributed by atoms with Crippen molar-refractivity contribution in [2.24, 2.45) is 0 Å². The summed E-state index contributed by atoms with van der Waals surface area (Å²) in [5, 5.41) is 13.3. The third-order valence-electron chi connectivity index (χ3n) is 5.22. The van der Waals surface area contributed by atoms with Crippen LogP contribution in [0.3, 0.4) is 0 Å². The number of nitriles is 1. The lowest BCUT2D eigenvalue weighted by Gasteiger charge is -2.09. The van der Waals surface area contributed by atoms with Crippen LogP contribution in [0.4, 0.5) is 5.69 Å². The van der Waals surface area contributed by atoms with Crippen molar-refractivity contribution in [3.63, 3.8) is 0 Å². The second-order valence-corrected chi connectivity index (χ2v) is 9.11. The highest BCUT2D eigenvalue weighted by Gasteiger charge is 2.18. The normalized spacial score (nSPS) is 12.2. The number of nitrogens with one attached hydrogen (secondary N) is 1. The molecule has 0 saturated carbocycles. The van der Waals surface area contributed by atoms with Gasteiger partial charge in [-0.15, -0.1) is 11.3 Å². The number of anilines is 1. The zero-order valence-electron chi connectivity index (χ0n) is 18.5. The number of thiazole rings is 1. The van der Waals surface area contributed by atoms with E-state index in [9.17, 15) is 14.9 Å². The number of benzene rings is 3. The molecule has 1 N–H and O–H groups in total. The van der Waals surface area contributed by atoms with E-state index < -0.39 is 5.91 Å². The monoisotopic (exact) mass is 485 g/mol. The molecule has 0 aliphatic carbocycles. The van der Waals surface area contributed by atoms with Crippen LogP contribution in [0, 0.1) is 25.2 Å². The molecule has 1 aromatic heterocycles. The molecule has 0 saturated heterocycles. The molecule has 1 amide bonds. The first-order chi connectivity index (χ1) is 16.4. The highest BCUT2D eigenvalue weighted by atomic mass is 35.5. The highest BCUT2D eigenvalue weighted by molar-refractivity contribution is 7.07. The molecule has 4 rings (SSSR count). The largest absolute Gasteiger partial charge is 0.321 e. The minimum atomic E-state index is -0.577. The molecule has 5 nitrogen and oxygen atoms in total. The Kier molecular flexibility index (Phi) is 6.78. The maximum atomic E-state index is 13.5. The van der Waals surface area contributed by atoms with Gasteiger partial charge in [0.05, 0.1) is 10.2 Å². The lowest BCUT2D eigenvalue weighted by Crippen LogP contribution is -2.32. The Morgan fingerprint density at radius 1 is 1.06 bits per heavy atom. The summed E-state index contributed by atoms with van der Waals surface area (Å²) < 4.78 is 2.01. The van der Waals surface area contributed by atoms with E-state index in [1.165, 1.54) is 4.57 Å². The van der Waals surface area contributed by atoms with Crippen molar-refractivity contribution >= 4 is 46.2 Å². The maximum absolute atomic E-state index is 13.5. The molecule has 4 aromatic rings. The molecule has 7 heteroatoms. The van der Waals surface area contributed by atoms with E-state index in [2.05, 4.69) is 5.32 Å². The quantitative estimate of drug-likeness (QED) is 0.468. The van der Waals surface area contributed by atoms with Crippen LogP contribution in [0.15, 0.2) is 77.6 Å². The number of aromatic nitrogens is 1. The van der Waals surface area contributed by atoms with Crippen molar-refractivity contribution in [1.29, 1.82) is 5.26 Å². The summed E-state index contributed by atoms with van der Waals surface area (Å²) in [7, 11) is 0. The van der Waals surface area contributed by atoms with Gasteiger partial charge in [-0.2, -0.15) is 5.26 Å². The topological polar surface area (TPSA) is 74.9 Å². The average molecular weight is 486 g/mol. The van der Waals surface area contributed by atoms with Crippen LogP contribution in [0.1, 0.15) is 16.7 Å². The third-order valence-corrected chi connectivity index (χ3v) is 6.66. The number of nitrogens with zero attached hydrogens (tertiary/aromatic N) is 2. The van der Waals surface area contributed by atoms with E-state index in [1.807, 2.05) is 50.2 Å².